The predicted octanol–water partition coefficient (Wildman–Crippen LogP) is 4.83. The third-order valence-electron chi connectivity index (χ3n) is 7.40. The van der Waals surface area contributed by atoms with Gasteiger partial charge in [-0.2, -0.15) is 0 Å². The van der Waals surface area contributed by atoms with Crippen LogP contribution in [0.15, 0.2) is 30.3 Å². The van der Waals surface area contributed by atoms with Crippen LogP contribution in [0.25, 0.3) is 0 Å². The number of piperidine rings is 2. The van der Waals surface area contributed by atoms with Gasteiger partial charge in [0.15, 0.2) is 0 Å². The standard InChI is InChI=1S/C22H31NO2.ClH/c1-3-25-21(24)19-14-22-12-8-7-11-18(22)13-20(19)23(16(22)2)15-17-9-5-4-6-10-17;/h4-6,9-10,16,18-20H,3,7-8,11-15H2,1-2H3;1H. The van der Waals surface area contributed by atoms with Crippen LogP contribution in [0.1, 0.15) is 57.9 Å². The number of hydrogen-bond acceptors (Lipinski definition) is 3. The molecule has 5 unspecified atom stereocenters. The Morgan fingerprint density at radius 2 is 2.04 bits per heavy atom. The second kappa shape index (κ2) is 7.90. The van der Waals surface area contributed by atoms with Crippen molar-refractivity contribution in [3.63, 3.8) is 0 Å². The smallest absolute Gasteiger partial charge is 0.310 e. The highest BCUT2D eigenvalue weighted by molar-refractivity contribution is 5.85. The minimum atomic E-state index is 0. The molecule has 4 aliphatic rings. The Morgan fingerprint density at radius 1 is 1.27 bits per heavy atom. The maximum Gasteiger partial charge on any atom is 0.310 e. The van der Waals surface area contributed by atoms with E-state index in [0.29, 0.717) is 24.1 Å². The first-order chi connectivity index (χ1) is 12.2. The minimum absolute atomic E-state index is 0. The van der Waals surface area contributed by atoms with Crippen molar-refractivity contribution in [3.8, 4) is 0 Å². The Morgan fingerprint density at radius 3 is 2.77 bits per heavy atom. The predicted molar refractivity (Wildman–Crippen MR) is 106 cm³/mol. The number of benzene rings is 1. The second-order valence-corrected chi connectivity index (χ2v) is 8.38. The average Bonchev–Trinajstić information content (AvgIpc) is 2.64. The van der Waals surface area contributed by atoms with Gasteiger partial charge >= 0.3 is 5.97 Å². The van der Waals surface area contributed by atoms with Crippen molar-refractivity contribution in [1.29, 1.82) is 0 Å². The summed E-state index contributed by atoms with van der Waals surface area (Å²) in [5.74, 6) is 0.911. The highest BCUT2D eigenvalue weighted by atomic mass is 35.5. The number of hydrogen-bond donors (Lipinski definition) is 0. The molecule has 0 N–H and O–H groups in total. The summed E-state index contributed by atoms with van der Waals surface area (Å²) in [6.07, 6.45) is 7.56. The van der Waals surface area contributed by atoms with Crippen LogP contribution >= 0.6 is 12.4 Å². The van der Waals surface area contributed by atoms with E-state index in [1.807, 2.05) is 6.92 Å². The van der Waals surface area contributed by atoms with E-state index in [0.717, 1.165) is 18.9 Å². The van der Waals surface area contributed by atoms with Gasteiger partial charge in [0.1, 0.15) is 0 Å². The zero-order valence-corrected chi connectivity index (χ0v) is 16.8. The van der Waals surface area contributed by atoms with Crippen molar-refractivity contribution in [2.75, 3.05) is 6.61 Å². The number of halogens is 1. The first-order valence-corrected chi connectivity index (χ1v) is 10.1. The quantitative estimate of drug-likeness (QED) is 0.704. The molecular formula is C22H32ClNO2. The molecule has 5 rings (SSSR count). The van der Waals surface area contributed by atoms with E-state index < -0.39 is 0 Å². The van der Waals surface area contributed by atoms with Gasteiger partial charge < -0.3 is 4.74 Å². The summed E-state index contributed by atoms with van der Waals surface area (Å²) < 4.78 is 5.48. The maximum absolute atomic E-state index is 12.7. The van der Waals surface area contributed by atoms with Crippen molar-refractivity contribution in [3.05, 3.63) is 35.9 Å². The molecule has 0 aromatic heterocycles. The van der Waals surface area contributed by atoms with Gasteiger partial charge in [0.2, 0.25) is 0 Å². The van der Waals surface area contributed by atoms with E-state index in [9.17, 15) is 4.79 Å². The topological polar surface area (TPSA) is 29.5 Å². The third-order valence-corrected chi connectivity index (χ3v) is 7.40. The zero-order valence-electron chi connectivity index (χ0n) is 16.0. The first-order valence-electron chi connectivity index (χ1n) is 10.1. The van der Waals surface area contributed by atoms with E-state index in [1.54, 1.807) is 0 Å². The lowest BCUT2D eigenvalue weighted by Crippen LogP contribution is -2.68. The Kier molecular flexibility index (Phi) is 5.98. The lowest BCUT2D eigenvalue weighted by Gasteiger charge is -2.65. The third kappa shape index (κ3) is 3.18. The van der Waals surface area contributed by atoms with E-state index in [-0.39, 0.29) is 24.3 Å². The summed E-state index contributed by atoms with van der Waals surface area (Å²) >= 11 is 0. The Bertz CT molecular complexity index is 622. The zero-order chi connectivity index (χ0) is 17.4. The van der Waals surface area contributed by atoms with Crippen LogP contribution in [0.4, 0.5) is 0 Å². The molecule has 2 aliphatic carbocycles. The van der Waals surface area contributed by atoms with E-state index in [2.05, 4.69) is 42.2 Å². The molecule has 4 fully saturated rings. The maximum atomic E-state index is 12.7. The molecule has 2 heterocycles. The molecule has 2 bridgehead atoms. The molecule has 0 amide bonds. The molecule has 0 radical (unpaired) electrons. The summed E-state index contributed by atoms with van der Waals surface area (Å²) in [5.41, 5.74) is 1.67. The van der Waals surface area contributed by atoms with E-state index in [4.69, 9.17) is 4.74 Å². The van der Waals surface area contributed by atoms with Gasteiger partial charge in [-0.25, -0.2) is 0 Å². The van der Waals surface area contributed by atoms with Crippen molar-refractivity contribution < 1.29 is 9.53 Å². The molecule has 2 saturated heterocycles. The number of ether oxygens (including phenoxy) is 1. The van der Waals surface area contributed by atoms with Gasteiger partial charge in [0, 0.05) is 18.6 Å². The van der Waals surface area contributed by atoms with Crippen LogP contribution in [-0.4, -0.2) is 29.6 Å². The fourth-order valence-corrected chi connectivity index (χ4v) is 6.20. The molecule has 1 spiro atoms. The fraction of sp³-hybridized carbons (Fsp3) is 0.682. The van der Waals surface area contributed by atoms with Crippen LogP contribution < -0.4 is 0 Å². The minimum Gasteiger partial charge on any atom is -0.466 e. The van der Waals surface area contributed by atoms with Gasteiger partial charge in [-0.3, -0.25) is 9.69 Å². The number of carbonyl (C=O) groups is 1. The number of fused-ring (bicyclic) bond motifs is 2. The highest BCUT2D eigenvalue weighted by Crippen LogP contribution is 2.60. The van der Waals surface area contributed by atoms with Crippen molar-refractivity contribution in [2.24, 2.45) is 17.3 Å². The van der Waals surface area contributed by atoms with Crippen LogP contribution in [0, 0.1) is 17.3 Å². The van der Waals surface area contributed by atoms with Crippen molar-refractivity contribution in [2.45, 2.75) is 71.0 Å². The summed E-state index contributed by atoms with van der Waals surface area (Å²) in [4.78, 5) is 15.4. The number of nitrogens with zero attached hydrogens (tertiary/aromatic N) is 1. The van der Waals surface area contributed by atoms with Gasteiger partial charge in [-0.05, 0) is 56.4 Å². The van der Waals surface area contributed by atoms with Crippen LogP contribution in [0.5, 0.6) is 0 Å². The lowest BCUT2D eigenvalue weighted by molar-refractivity contribution is -0.187. The Balaban J connectivity index is 0.00000196. The van der Waals surface area contributed by atoms with Gasteiger partial charge in [-0.15, -0.1) is 12.4 Å². The SMILES string of the molecule is CCOC(=O)C1CC23CCCCC2CC1N(Cc1ccccc1)C3C.Cl. The molecule has 2 saturated carbocycles. The van der Waals surface area contributed by atoms with Crippen molar-refractivity contribution >= 4 is 18.4 Å². The molecular weight excluding hydrogens is 346 g/mol. The molecule has 1 aromatic rings. The molecule has 4 heteroatoms. The van der Waals surface area contributed by atoms with Gasteiger partial charge in [0.25, 0.3) is 0 Å². The van der Waals surface area contributed by atoms with Gasteiger partial charge in [0.05, 0.1) is 12.5 Å². The molecule has 3 nitrogen and oxygen atoms in total. The summed E-state index contributed by atoms with van der Waals surface area (Å²) in [5, 5.41) is 0. The molecule has 2 aliphatic heterocycles. The largest absolute Gasteiger partial charge is 0.466 e. The number of esters is 1. The summed E-state index contributed by atoms with van der Waals surface area (Å²) in [6, 6.07) is 11.6. The lowest BCUT2D eigenvalue weighted by atomic mass is 9.49. The summed E-state index contributed by atoms with van der Waals surface area (Å²) in [6.45, 7) is 5.80. The Labute approximate surface area is 163 Å². The normalized spacial score (nSPS) is 36.1. The highest BCUT2D eigenvalue weighted by Gasteiger charge is 2.60. The average molecular weight is 378 g/mol. The van der Waals surface area contributed by atoms with E-state index >= 15 is 0 Å². The van der Waals surface area contributed by atoms with Crippen LogP contribution in [0.2, 0.25) is 0 Å². The number of rotatable bonds is 4. The first kappa shape index (κ1) is 19.7. The molecule has 1 aromatic carbocycles. The van der Waals surface area contributed by atoms with E-state index in [1.165, 1.54) is 37.7 Å². The van der Waals surface area contributed by atoms with Gasteiger partial charge in [-0.1, -0.05) is 43.2 Å². The van der Waals surface area contributed by atoms with Crippen molar-refractivity contribution in [1.82, 2.24) is 4.90 Å². The van der Waals surface area contributed by atoms with Crippen LogP contribution in [0.3, 0.4) is 0 Å². The molecule has 26 heavy (non-hydrogen) atoms. The fourth-order valence-electron chi connectivity index (χ4n) is 6.20. The van der Waals surface area contributed by atoms with Crippen LogP contribution in [-0.2, 0) is 16.1 Å². The monoisotopic (exact) mass is 377 g/mol. The number of carbonyl (C=O) groups excluding carboxylic acids is 1. The molecule has 144 valence electrons. The Hall–Kier alpha value is -1.06. The second-order valence-electron chi connectivity index (χ2n) is 8.38. The molecule has 5 atom stereocenters. The summed E-state index contributed by atoms with van der Waals surface area (Å²) in [7, 11) is 0.